The van der Waals surface area contributed by atoms with Crippen molar-refractivity contribution < 1.29 is 14.3 Å². The SMILES string of the molecule is CCCNCC(=O)Nc1ccc(C(=O)OCC)cc1Br. The fourth-order valence-corrected chi connectivity index (χ4v) is 2.01. The highest BCUT2D eigenvalue weighted by atomic mass is 79.9. The zero-order valence-electron chi connectivity index (χ0n) is 11.7. The van der Waals surface area contributed by atoms with Crippen LogP contribution in [0.1, 0.15) is 30.6 Å². The molecule has 1 amide bonds. The van der Waals surface area contributed by atoms with Gasteiger partial charge in [0.1, 0.15) is 0 Å². The lowest BCUT2D eigenvalue weighted by Crippen LogP contribution is -2.28. The van der Waals surface area contributed by atoms with Gasteiger partial charge in [-0.05, 0) is 54.0 Å². The van der Waals surface area contributed by atoms with Gasteiger partial charge in [0.05, 0.1) is 24.4 Å². The summed E-state index contributed by atoms with van der Waals surface area (Å²) in [5.74, 6) is -0.501. The molecular weight excluding hydrogens is 324 g/mol. The smallest absolute Gasteiger partial charge is 0.338 e. The maximum absolute atomic E-state index is 11.7. The molecule has 0 aromatic heterocycles. The number of esters is 1. The van der Waals surface area contributed by atoms with Crippen LogP contribution < -0.4 is 10.6 Å². The minimum absolute atomic E-state index is 0.122. The Labute approximate surface area is 127 Å². The first-order valence-electron chi connectivity index (χ1n) is 6.55. The first kappa shape index (κ1) is 16.7. The van der Waals surface area contributed by atoms with E-state index in [4.69, 9.17) is 4.74 Å². The number of halogens is 1. The Balaban J connectivity index is 2.64. The van der Waals surface area contributed by atoms with E-state index in [1.807, 2.05) is 6.92 Å². The summed E-state index contributed by atoms with van der Waals surface area (Å²) in [6.45, 7) is 5.19. The largest absolute Gasteiger partial charge is 0.462 e. The van der Waals surface area contributed by atoms with Crippen molar-refractivity contribution in [2.75, 3.05) is 25.0 Å². The van der Waals surface area contributed by atoms with Gasteiger partial charge in [0.2, 0.25) is 5.91 Å². The van der Waals surface area contributed by atoms with Crippen LogP contribution in [0.4, 0.5) is 5.69 Å². The minimum Gasteiger partial charge on any atom is -0.462 e. The van der Waals surface area contributed by atoms with Gasteiger partial charge in [-0.15, -0.1) is 0 Å². The van der Waals surface area contributed by atoms with E-state index in [9.17, 15) is 9.59 Å². The van der Waals surface area contributed by atoms with E-state index >= 15 is 0 Å². The van der Waals surface area contributed by atoms with Crippen molar-refractivity contribution in [3.05, 3.63) is 28.2 Å². The van der Waals surface area contributed by atoms with Gasteiger partial charge in [0.15, 0.2) is 0 Å². The molecule has 0 aliphatic carbocycles. The quantitative estimate of drug-likeness (QED) is 0.590. The van der Waals surface area contributed by atoms with Crippen LogP contribution in [0.2, 0.25) is 0 Å². The van der Waals surface area contributed by atoms with E-state index in [0.29, 0.717) is 22.3 Å². The molecule has 0 fully saturated rings. The maximum Gasteiger partial charge on any atom is 0.338 e. The number of benzene rings is 1. The van der Waals surface area contributed by atoms with E-state index in [1.165, 1.54) is 0 Å². The van der Waals surface area contributed by atoms with Gasteiger partial charge in [0, 0.05) is 4.47 Å². The summed E-state index contributed by atoms with van der Waals surface area (Å²) in [5, 5.41) is 5.79. The van der Waals surface area contributed by atoms with Crippen LogP contribution in [0, 0.1) is 0 Å². The van der Waals surface area contributed by atoms with Crippen molar-refractivity contribution in [3.8, 4) is 0 Å². The monoisotopic (exact) mass is 342 g/mol. The van der Waals surface area contributed by atoms with Gasteiger partial charge in [-0.3, -0.25) is 4.79 Å². The molecule has 0 spiro atoms. The highest BCUT2D eigenvalue weighted by Gasteiger charge is 2.10. The highest BCUT2D eigenvalue weighted by molar-refractivity contribution is 9.10. The van der Waals surface area contributed by atoms with Gasteiger partial charge in [0.25, 0.3) is 0 Å². The van der Waals surface area contributed by atoms with Crippen molar-refractivity contribution in [3.63, 3.8) is 0 Å². The Morgan fingerprint density at radius 3 is 2.65 bits per heavy atom. The molecule has 1 rings (SSSR count). The van der Waals surface area contributed by atoms with Gasteiger partial charge < -0.3 is 15.4 Å². The fourth-order valence-electron chi connectivity index (χ4n) is 1.53. The fraction of sp³-hybridized carbons (Fsp3) is 0.429. The van der Waals surface area contributed by atoms with Gasteiger partial charge in [-0.1, -0.05) is 6.92 Å². The number of hydrogen-bond acceptors (Lipinski definition) is 4. The molecule has 0 atom stereocenters. The Morgan fingerprint density at radius 1 is 1.30 bits per heavy atom. The number of carbonyl (C=O) groups is 2. The summed E-state index contributed by atoms with van der Waals surface area (Å²) < 4.78 is 5.56. The zero-order valence-corrected chi connectivity index (χ0v) is 13.2. The molecule has 0 aliphatic heterocycles. The number of hydrogen-bond donors (Lipinski definition) is 2. The molecule has 110 valence electrons. The van der Waals surface area contributed by atoms with Gasteiger partial charge in [-0.2, -0.15) is 0 Å². The lowest BCUT2D eigenvalue weighted by Gasteiger charge is -2.09. The molecular formula is C14H19BrN2O3. The van der Waals surface area contributed by atoms with E-state index in [-0.39, 0.29) is 18.4 Å². The molecule has 0 saturated carbocycles. The normalized spacial score (nSPS) is 10.2. The van der Waals surface area contributed by atoms with Crippen LogP contribution in [-0.2, 0) is 9.53 Å². The van der Waals surface area contributed by atoms with Gasteiger partial charge >= 0.3 is 5.97 Å². The summed E-state index contributed by atoms with van der Waals surface area (Å²) in [7, 11) is 0. The van der Waals surface area contributed by atoms with Crippen molar-refractivity contribution in [1.29, 1.82) is 0 Å². The third kappa shape index (κ3) is 5.30. The first-order chi connectivity index (χ1) is 9.58. The second-order valence-electron chi connectivity index (χ2n) is 4.14. The molecule has 2 N–H and O–H groups in total. The molecule has 1 aromatic rings. The molecule has 0 radical (unpaired) electrons. The van der Waals surface area contributed by atoms with Gasteiger partial charge in [-0.25, -0.2) is 4.79 Å². The summed E-state index contributed by atoms with van der Waals surface area (Å²) in [4.78, 5) is 23.2. The Kier molecular flexibility index (Phi) is 7.25. The lowest BCUT2D eigenvalue weighted by molar-refractivity contribution is -0.115. The predicted octanol–water partition coefficient (Wildman–Crippen LogP) is 2.56. The zero-order chi connectivity index (χ0) is 15.0. The summed E-state index contributed by atoms with van der Waals surface area (Å²) in [6, 6.07) is 4.93. The molecule has 0 heterocycles. The number of amides is 1. The number of anilines is 1. The average Bonchev–Trinajstić information content (AvgIpc) is 2.41. The molecule has 20 heavy (non-hydrogen) atoms. The second kappa shape index (κ2) is 8.71. The van der Waals surface area contributed by atoms with Crippen molar-refractivity contribution >= 4 is 33.5 Å². The third-order valence-corrected chi connectivity index (χ3v) is 3.12. The molecule has 0 aliphatic rings. The number of nitrogens with one attached hydrogen (secondary N) is 2. The average molecular weight is 343 g/mol. The van der Waals surface area contributed by atoms with Crippen LogP contribution in [0.15, 0.2) is 22.7 Å². The van der Waals surface area contributed by atoms with E-state index in [0.717, 1.165) is 13.0 Å². The molecule has 1 aromatic carbocycles. The third-order valence-electron chi connectivity index (χ3n) is 2.47. The summed E-state index contributed by atoms with van der Waals surface area (Å²) in [6.07, 6.45) is 0.977. The lowest BCUT2D eigenvalue weighted by atomic mass is 10.2. The molecule has 6 heteroatoms. The topological polar surface area (TPSA) is 67.4 Å². The van der Waals surface area contributed by atoms with E-state index in [2.05, 4.69) is 26.6 Å². The van der Waals surface area contributed by atoms with Crippen LogP contribution in [-0.4, -0.2) is 31.6 Å². The van der Waals surface area contributed by atoms with E-state index in [1.54, 1.807) is 25.1 Å². The second-order valence-corrected chi connectivity index (χ2v) is 4.99. The maximum atomic E-state index is 11.7. The number of carbonyl (C=O) groups excluding carboxylic acids is 2. The molecule has 5 nitrogen and oxygen atoms in total. The molecule has 0 bridgehead atoms. The predicted molar refractivity (Wildman–Crippen MR) is 81.9 cm³/mol. The number of ether oxygens (including phenoxy) is 1. The summed E-state index contributed by atoms with van der Waals surface area (Å²) >= 11 is 3.33. The van der Waals surface area contributed by atoms with Crippen LogP contribution in [0.25, 0.3) is 0 Å². The molecule has 0 unspecified atom stereocenters. The Morgan fingerprint density at radius 2 is 2.05 bits per heavy atom. The Hall–Kier alpha value is -1.40. The number of rotatable bonds is 7. The Bertz CT molecular complexity index is 477. The highest BCUT2D eigenvalue weighted by Crippen LogP contribution is 2.24. The first-order valence-corrected chi connectivity index (χ1v) is 7.35. The van der Waals surface area contributed by atoms with Crippen molar-refractivity contribution in [2.45, 2.75) is 20.3 Å². The van der Waals surface area contributed by atoms with Crippen LogP contribution in [0.3, 0.4) is 0 Å². The standard InChI is InChI=1S/C14H19BrN2O3/c1-3-7-16-9-13(18)17-12-6-5-10(8-11(12)15)14(19)20-4-2/h5-6,8,16H,3-4,7,9H2,1-2H3,(H,17,18). The van der Waals surface area contributed by atoms with Crippen LogP contribution in [0.5, 0.6) is 0 Å². The molecule has 0 saturated heterocycles. The minimum atomic E-state index is -0.379. The van der Waals surface area contributed by atoms with Crippen molar-refractivity contribution in [2.24, 2.45) is 0 Å². The van der Waals surface area contributed by atoms with Crippen molar-refractivity contribution in [1.82, 2.24) is 5.32 Å². The summed E-state index contributed by atoms with van der Waals surface area (Å²) in [5.41, 5.74) is 1.07. The van der Waals surface area contributed by atoms with E-state index < -0.39 is 0 Å². The van der Waals surface area contributed by atoms with Crippen LogP contribution >= 0.6 is 15.9 Å².